The molecule has 0 bridgehead atoms. The van der Waals surface area contributed by atoms with Gasteiger partial charge in [0.25, 0.3) is 4.82 Å². The second-order valence-corrected chi connectivity index (χ2v) is 3.32. The molecule has 0 saturated carbocycles. The lowest BCUT2D eigenvalue weighted by atomic mass is 10.2. The smallest absolute Gasteiger partial charge is 0.289 e. The van der Waals surface area contributed by atoms with Crippen molar-refractivity contribution in [2.75, 3.05) is 13.6 Å². The molecule has 4 heteroatoms. The Balaban J connectivity index is 2.31. The normalized spacial score (nSPS) is 9.83. The van der Waals surface area contributed by atoms with E-state index in [9.17, 15) is 4.79 Å². The van der Waals surface area contributed by atoms with Crippen molar-refractivity contribution in [3.05, 3.63) is 24.0 Å². The number of carbonyl (C=O) groups excluding carboxylic acids is 1. The SMILES string of the molecule is CN(CCc1cc[nH]c1)C(=O)Br. The summed E-state index contributed by atoms with van der Waals surface area (Å²) in [6.45, 7) is 0.738. The van der Waals surface area contributed by atoms with Crippen molar-refractivity contribution in [2.24, 2.45) is 0 Å². The van der Waals surface area contributed by atoms with E-state index in [4.69, 9.17) is 0 Å². The number of amides is 1. The zero-order valence-electron chi connectivity index (χ0n) is 6.88. The summed E-state index contributed by atoms with van der Waals surface area (Å²) in [6, 6.07) is 2.01. The third-order valence-electron chi connectivity index (χ3n) is 1.70. The highest BCUT2D eigenvalue weighted by molar-refractivity contribution is 9.18. The van der Waals surface area contributed by atoms with Crippen molar-refractivity contribution < 1.29 is 4.79 Å². The van der Waals surface area contributed by atoms with Crippen LogP contribution in [0.4, 0.5) is 4.79 Å². The summed E-state index contributed by atoms with van der Waals surface area (Å²) in [6.07, 6.45) is 4.70. The van der Waals surface area contributed by atoms with Crippen LogP contribution in [0.2, 0.25) is 0 Å². The minimum absolute atomic E-state index is 0.0713. The maximum atomic E-state index is 10.7. The molecule has 1 rings (SSSR count). The summed E-state index contributed by atoms with van der Waals surface area (Å²) in [5.41, 5.74) is 1.22. The first-order valence-electron chi connectivity index (χ1n) is 3.72. The van der Waals surface area contributed by atoms with Crippen molar-refractivity contribution in [3.8, 4) is 0 Å². The van der Waals surface area contributed by atoms with Crippen LogP contribution in [0.15, 0.2) is 18.5 Å². The standard InChI is InChI=1S/C8H11BrN2O/c1-11(8(9)12)5-3-7-2-4-10-6-7/h2,4,6,10H,3,5H2,1H3. The van der Waals surface area contributed by atoms with Gasteiger partial charge in [0.1, 0.15) is 0 Å². The molecule has 1 amide bonds. The van der Waals surface area contributed by atoms with Crippen LogP contribution in [-0.2, 0) is 6.42 Å². The van der Waals surface area contributed by atoms with E-state index >= 15 is 0 Å². The predicted molar refractivity (Wildman–Crippen MR) is 51.4 cm³/mol. The highest BCUT2D eigenvalue weighted by Crippen LogP contribution is 2.01. The Labute approximate surface area is 79.9 Å². The molecule has 0 aliphatic carbocycles. The first-order valence-corrected chi connectivity index (χ1v) is 4.51. The van der Waals surface area contributed by atoms with Gasteiger partial charge in [0.2, 0.25) is 0 Å². The van der Waals surface area contributed by atoms with Crippen LogP contribution in [0.25, 0.3) is 0 Å². The molecule has 0 aromatic carbocycles. The number of rotatable bonds is 3. The number of carbonyl (C=O) groups is 1. The van der Waals surface area contributed by atoms with Gasteiger partial charge < -0.3 is 9.88 Å². The Hall–Kier alpha value is -0.770. The fourth-order valence-electron chi connectivity index (χ4n) is 0.899. The lowest BCUT2D eigenvalue weighted by molar-refractivity contribution is 0.235. The van der Waals surface area contributed by atoms with Crippen LogP contribution in [0.1, 0.15) is 5.56 Å². The number of halogens is 1. The molecule has 0 aliphatic heterocycles. The zero-order chi connectivity index (χ0) is 8.97. The third-order valence-corrected chi connectivity index (χ3v) is 2.30. The molecular formula is C8H11BrN2O. The van der Waals surface area contributed by atoms with Crippen LogP contribution in [0.3, 0.4) is 0 Å². The molecule has 1 aromatic rings. The van der Waals surface area contributed by atoms with E-state index in [1.54, 1.807) is 11.9 Å². The van der Waals surface area contributed by atoms with Gasteiger partial charge in [-0.3, -0.25) is 4.79 Å². The van der Waals surface area contributed by atoms with E-state index in [-0.39, 0.29) is 4.82 Å². The number of hydrogen-bond donors (Lipinski definition) is 1. The first kappa shape index (κ1) is 9.32. The van der Waals surface area contributed by atoms with Crippen LogP contribution >= 0.6 is 15.9 Å². The Morgan fingerprint density at radius 3 is 3.00 bits per heavy atom. The molecular weight excluding hydrogens is 220 g/mol. The number of H-pyrrole nitrogens is 1. The Morgan fingerprint density at radius 2 is 2.50 bits per heavy atom. The minimum atomic E-state index is -0.0713. The van der Waals surface area contributed by atoms with Gasteiger partial charge in [-0.2, -0.15) is 0 Å². The van der Waals surface area contributed by atoms with E-state index in [0.29, 0.717) is 0 Å². The molecule has 0 fully saturated rings. The fourth-order valence-corrected chi connectivity index (χ4v) is 1.08. The topological polar surface area (TPSA) is 36.1 Å². The molecule has 1 N–H and O–H groups in total. The van der Waals surface area contributed by atoms with E-state index in [1.807, 2.05) is 18.5 Å². The van der Waals surface area contributed by atoms with Crippen LogP contribution in [0.5, 0.6) is 0 Å². The van der Waals surface area contributed by atoms with Crippen LogP contribution in [0, 0.1) is 0 Å². The van der Waals surface area contributed by atoms with Crippen molar-refractivity contribution in [1.82, 2.24) is 9.88 Å². The molecule has 0 radical (unpaired) electrons. The maximum absolute atomic E-state index is 10.7. The van der Waals surface area contributed by atoms with Crippen LogP contribution < -0.4 is 0 Å². The highest BCUT2D eigenvalue weighted by Gasteiger charge is 2.03. The Bertz CT molecular complexity index is 246. The number of likely N-dealkylation sites (N-methyl/N-ethyl adjacent to an activating group) is 1. The van der Waals surface area contributed by atoms with Gasteiger partial charge in [-0.25, -0.2) is 0 Å². The second kappa shape index (κ2) is 4.30. The van der Waals surface area contributed by atoms with Gasteiger partial charge in [-0.05, 0) is 18.1 Å². The molecule has 0 atom stereocenters. The van der Waals surface area contributed by atoms with Gasteiger partial charge in [0.05, 0.1) is 0 Å². The van der Waals surface area contributed by atoms with Gasteiger partial charge in [0, 0.05) is 41.9 Å². The summed E-state index contributed by atoms with van der Waals surface area (Å²) in [5, 5.41) is 0. The van der Waals surface area contributed by atoms with E-state index < -0.39 is 0 Å². The minimum Gasteiger partial charge on any atom is -0.367 e. The molecule has 0 unspecified atom stereocenters. The summed E-state index contributed by atoms with van der Waals surface area (Å²) in [7, 11) is 1.77. The average molecular weight is 231 g/mol. The zero-order valence-corrected chi connectivity index (χ0v) is 8.47. The van der Waals surface area contributed by atoms with Crippen molar-refractivity contribution in [1.29, 1.82) is 0 Å². The van der Waals surface area contributed by atoms with Crippen LogP contribution in [-0.4, -0.2) is 28.3 Å². The summed E-state index contributed by atoms with van der Waals surface area (Å²) >= 11 is 2.88. The monoisotopic (exact) mass is 230 g/mol. The number of nitrogens with zero attached hydrogens (tertiary/aromatic N) is 1. The predicted octanol–water partition coefficient (Wildman–Crippen LogP) is 2.00. The molecule has 1 aromatic heterocycles. The molecule has 0 saturated heterocycles. The third kappa shape index (κ3) is 2.70. The lowest BCUT2D eigenvalue weighted by Gasteiger charge is -2.11. The number of nitrogens with one attached hydrogen (secondary N) is 1. The molecule has 0 aliphatic rings. The van der Waals surface area contributed by atoms with Gasteiger partial charge in [-0.1, -0.05) is 0 Å². The second-order valence-electron chi connectivity index (χ2n) is 2.64. The van der Waals surface area contributed by atoms with Crippen molar-refractivity contribution in [3.63, 3.8) is 0 Å². The van der Waals surface area contributed by atoms with E-state index in [0.717, 1.165) is 13.0 Å². The largest absolute Gasteiger partial charge is 0.367 e. The number of hydrogen-bond acceptors (Lipinski definition) is 1. The fraction of sp³-hybridized carbons (Fsp3) is 0.375. The molecule has 66 valence electrons. The van der Waals surface area contributed by atoms with Gasteiger partial charge in [-0.15, -0.1) is 0 Å². The lowest BCUT2D eigenvalue weighted by Crippen LogP contribution is -2.22. The maximum Gasteiger partial charge on any atom is 0.289 e. The van der Waals surface area contributed by atoms with E-state index in [2.05, 4.69) is 20.9 Å². The molecule has 12 heavy (non-hydrogen) atoms. The summed E-state index contributed by atoms with van der Waals surface area (Å²) in [5.74, 6) is 0. The van der Waals surface area contributed by atoms with Gasteiger partial charge in [0.15, 0.2) is 0 Å². The average Bonchev–Trinajstić information content (AvgIpc) is 2.51. The Morgan fingerprint density at radius 1 is 1.75 bits per heavy atom. The highest BCUT2D eigenvalue weighted by atomic mass is 79.9. The molecule has 1 heterocycles. The summed E-state index contributed by atoms with van der Waals surface area (Å²) < 4.78 is 0. The number of aromatic nitrogens is 1. The quantitative estimate of drug-likeness (QED) is 0.626. The Kier molecular flexibility index (Phi) is 3.34. The first-order chi connectivity index (χ1) is 5.70. The molecule has 3 nitrogen and oxygen atoms in total. The molecule has 0 spiro atoms. The van der Waals surface area contributed by atoms with Crippen molar-refractivity contribution >= 4 is 20.7 Å². The van der Waals surface area contributed by atoms with Gasteiger partial charge >= 0.3 is 0 Å². The van der Waals surface area contributed by atoms with E-state index in [1.165, 1.54) is 5.56 Å². The number of aromatic amines is 1. The van der Waals surface area contributed by atoms with Crippen molar-refractivity contribution in [2.45, 2.75) is 6.42 Å². The summed E-state index contributed by atoms with van der Waals surface area (Å²) in [4.78, 5) is 15.3.